The number of carbonyl (C=O) groups is 4. The van der Waals surface area contributed by atoms with Gasteiger partial charge in [-0.25, -0.2) is 9.59 Å². The Morgan fingerprint density at radius 2 is 1.32 bits per heavy atom. The highest BCUT2D eigenvalue weighted by atomic mass is 32.2. The minimum atomic E-state index is -4.50. The zero-order chi connectivity index (χ0) is 69.5. The van der Waals surface area contributed by atoms with Crippen LogP contribution in [0.5, 0.6) is 11.5 Å². The van der Waals surface area contributed by atoms with Crippen LogP contribution < -0.4 is 25.7 Å². The number of allylic oxidation sites excluding steroid dienone is 8. The molecule has 0 atom stereocenters. The summed E-state index contributed by atoms with van der Waals surface area (Å²) in [5.41, 5.74) is 8.30. The van der Waals surface area contributed by atoms with Crippen LogP contribution in [0.1, 0.15) is 118 Å². The van der Waals surface area contributed by atoms with Gasteiger partial charge in [0.2, 0.25) is 5.69 Å². The van der Waals surface area contributed by atoms with Gasteiger partial charge in [0.1, 0.15) is 28.6 Å². The SMILES string of the molecule is CCN(CC)c1ccc2c(c1)OC(C(C)(C)C)=CC2=CC=CC=CC1=[N+](Cc2ccc(C(=O)NCc3cccc(CNC(=O)c4ccc(-c5c6cc(-c7ccc(C(=O)O)cc7)c(=O)cc-6oc6cc(O)c7ccccc7c56)c(C(=O)O)c4)c3)cc2)c2ccc(S(=O)(=O)O)cc2C1(C)C. The summed E-state index contributed by atoms with van der Waals surface area (Å²) in [6, 6.07) is 46.8. The zero-order valence-electron chi connectivity index (χ0n) is 54.9. The molecule has 0 saturated carbocycles. The summed E-state index contributed by atoms with van der Waals surface area (Å²) in [6.07, 6.45) is 12.1. The first-order valence-electron chi connectivity index (χ1n) is 32.0. The number of carboxylic acids is 2. The molecule has 0 fully saturated rings. The third kappa shape index (κ3) is 13.3. The van der Waals surface area contributed by atoms with Gasteiger partial charge in [0, 0.05) is 123 Å². The summed E-state index contributed by atoms with van der Waals surface area (Å²) in [5, 5.41) is 38.9. The number of fused-ring (bicyclic) bond motifs is 6. The van der Waals surface area contributed by atoms with E-state index in [9.17, 15) is 52.3 Å². The fourth-order valence-electron chi connectivity index (χ4n) is 12.9. The number of carboxylic acid groups (broad SMARTS) is 2. The van der Waals surface area contributed by atoms with Crippen LogP contribution in [0.15, 0.2) is 226 Å². The highest BCUT2D eigenvalue weighted by Crippen LogP contribution is 2.48. The second-order valence-corrected chi connectivity index (χ2v) is 27.2. The average molecular weight is 1330 g/mol. The van der Waals surface area contributed by atoms with Gasteiger partial charge in [-0.1, -0.05) is 124 Å². The number of hydrogen-bond acceptors (Lipinski definition) is 11. The summed E-state index contributed by atoms with van der Waals surface area (Å²) in [4.78, 5) is 68.6. The van der Waals surface area contributed by atoms with Gasteiger partial charge in [0.05, 0.1) is 21.4 Å². The first-order chi connectivity index (χ1) is 46.8. The van der Waals surface area contributed by atoms with Crippen molar-refractivity contribution < 1.29 is 61.2 Å². The van der Waals surface area contributed by atoms with Crippen LogP contribution in [-0.2, 0) is 35.2 Å². The van der Waals surface area contributed by atoms with Gasteiger partial charge in [-0.2, -0.15) is 13.0 Å². The van der Waals surface area contributed by atoms with E-state index in [0.29, 0.717) is 50.5 Å². The number of rotatable bonds is 19. The molecule has 494 valence electrons. The number of aromatic carboxylic acids is 2. The Morgan fingerprint density at radius 3 is 1.98 bits per heavy atom. The fourth-order valence-corrected chi connectivity index (χ4v) is 13.4. The normalized spacial score (nSPS) is 14.0. The van der Waals surface area contributed by atoms with Crippen LogP contribution in [0.25, 0.3) is 60.9 Å². The number of aromatic hydroxyl groups is 1. The predicted octanol–water partition coefficient (Wildman–Crippen LogP) is 15.5. The van der Waals surface area contributed by atoms with Gasteiger partial charge in [-0.3, -0.25) is 18.9 Å². The lowest BCUT2D eigenvalue weighted by Crippen LogP contribution is -2.27. The van der Waals surface area contributed by atoms with Crippen LogP contribution in [0.3, 0.4) is 0 Å². The van der Waals surface area contributed by atoms with Gasteiger partial charge >= 0.3 is 11.9 Å². The summed E-state index contributed by atoms with van der Waals surface area (Å²) >= 11 is 0. The van der Waals surface area contributed by atoms with Gasteiger partial charge in [0.25, 0.3) is 21.9 Å². The molecule has 0 radical (unpaired) electrons. The van der Waals surface area contributed by atoms with Crippen LogP contribution in [0.4, 0.5) is 11.4 Å². The van der Waals surface area contributed by atoms with Crippen molar-refractivity contribution in [2.24, 2.45) is 5.41 Å². The van der Waals surface area contributed by atoms with Crippen molar-refractivity contribution in [3.05, 3.63) is 272 Å². The molecule has 3 aliphatic heterocycles. The molecule has 0 bridgehead atoms. The Balaban J connectivity index is 0.748. The third-order valence-electron chi connectivity index (χ3n) is 18.1. The Morgan fingerprint density at radius 1 is 0.653 bits per heavy atom. The number of carbonyl (C=O) groups excluding carboxylic acids is 2. The Hall–Kier alpha value is -11.5. The number of nitrogens with one attached hydrogen (secondary N) is 2. The maximum Gasteiger partial charge on any atom is 0.336 e. The van der Waals surface area contributed by atoms with E-state index in [4.69, 9.17) is 9.15 Å². The fraction of sp³-hybridized carbons (Fsp3) is 0.175. The van der Waals surface area contributed by atoms with Crippen molar-refractivity contribution in [2.45, 2.75) is 78.4 Å². The molecule has 4 aliphatic rings. The Bertz CT molecular complexity index is 5240. The highest BCUT2D eigenvalue weighted by molar-refractivity contribution is 7.85. The Labute approximate surface area is 566 Å². The van der Waals surface area contributed by atoms with Gasteiger partial charge < -0.3 is 40.0 Å². The number of benzene rings is 9. The number of amides is 2. The van der Waals surface area contributed by atoms with Crippen LogP contribution in [-0.4, -0.2) is 75.4 Å². The smallest absolute Gasteiger partial charge is 0.336 e. The van der Waals surface area contributed by atoms with Gasteiger partial charge in [-0.15, -0.1) is 0 Å². The maximum absolute atomic E-state index is 14.0. The van der Waals surface area contributed by atoms with E-state index >= 15 is 0 Å². The second-order valence-electron chi connectivity index (χ2n) is 25.8. The summed E-state index contributed by atoms with van der Waals surface area (Å²) in [5.74, 6) is -1.73. The lowest BCUT2D eigenvalue weighted by Gasteiger charge is -2.30. The number of phenolic OH excluding ortho intramolecular Hbond substituents is 1. The molecule has 8 aromatic rings. The van der Waals surface area contributed by atoms with Gasteiger partial charge in [0.15, 0.2) is 17.7 Å². The molecule has 18 heteroatoms. The van der Waals surface area contributed by atoms with E-state index in [1.807, 2.05) is 68.5 Å². The lowest BCUT2D eigenvalue weighted by atomic mass is 9.81. The van der Waals surface area contributed by atoms with Gasteiger partial charge in [-0.05, 0) is 134 Å². The zero-order valence-corrected chi connectivity index (χ0v) is 55.7. The van der Waals surface area contributed by atoms with Crippen molar-refractivity contribution >= 4 is 78.3 Å². The van der Waals surface area contributed by atoms with E-state index < -0.39 is 38.8 Å². The first kappa shape index (κ1) is 66.5. The quantitative estimate of drug-likeness (QED) is 0.0145. The van der Waals surface area contributed by atoms with E-state index in [2.05, 4.69) is 85.1 Å². The molecule has 0 unspecified atom stereocenters. The average Bonchev–Trinajstić information content (AvgIpc) is 1.10. The molecule has 2 amide bonds. The van der Waals surface area contributed by atoms with E-state index in [-0.39, 0.29) is 74.2 Å². The number of phenols is 1. The van der Waals surface area contributed by atoms with Crippen molar-refractivity contribution in [1.82, 2.24) is 10.6 Å². The summed E-state index contributed by atoms with van der Waals surface area (Å²) in [6.45, 7) is 17.0. The minimum absolute atomic E-state index is 0.0210. The molecule has 3 heterocycles. The minimum Gasteiger partial charge on any atom is -0.507 e. The maximum atomic E-state index is 14.0. The highest BCUT2D eigenvalue weighted by Gasteiger charge is 2.45. The molecule has 6 N–H and O–H groups in total. The largest absolute Gasteiger partial charge is 0.507 e. The molecular formula is C80H71N4O13S+. The van der Waals surface area contributed by atoms with E-state index in [1.54, 1.807) is 54.6 Å². The molecular weight excluding hydrogens is 1260 g/mol. The monoisotopic (exact) mass is 1330 g/mol. The molecule has 0 spiro atoms. The number of ether oxygens (including phenoxy) is 1. The van der Waals surface area contributed by atoms with Crippen molar-refractivity contribution in [1.29, 1.82) is 0 Å². The third-order valence-corrected chi connectivity index (χ3v) is 18.9. The van der Waals surface area contributed by atoms with Crippen molar-refractivity contribution in [3.8, 4) is 45.1 Å². The number of hydrogen-bond donors (Lipinski definition) is 6. The summed E-state index contributed by atoms with van der Waals surface area (Å²) < 4.78 is 49.9. The predicted molar refractivity (Wildman–Crippen MR) is 381 cm³/mol. The number of nitrogens with zero attached hydrogens (tertiary/aromatic N) is 2. The molecule has 1 aliphatic carbocycles. The first-order valence-corrected chi connectivity index (χ1v) is 33.4. The summed E-state index contributed by atoms with van der Waals surface area (Å²) in [7, 11) is -4.50. The van der Waals surface area contributed by atoms with E-state index in [0.717, 1.165) is 69.5 Å². The van der Waals surface area contributed by atoms with E-state index in [1.165, 1.54) is 66.7 Å². The molecule has 12 rings (SSSR count). The van der Waals surface area contributed by atoms with Crippen molar-refractivity contribution in [3.63, 3.8) is 0 Å². The topological polar surface area (TPSA) is 253 Å². The lowest BCUT2D eigenvalue weighted by molar-refractivity contribution is -0.455. The standard InChI is InChI=1S/C80H70N4O13S/c1-8-83(9-2)55-31-34-57-53(38-72(79(3,4)5)97-68(57)39-55)18-11-10-12-21-71-80(6,7)64-40-56(98(93,94)95)32-35-65(64)84(71)46-47-22-24-51(25-23-47)75(87)81-44-48-16-15-17-49(36-48)45-82-76(88)54-30-33-60(62(37-54)78(91)92)73-63-41-61(50-26-28-52(29-27-50)77(89)90)67(86)42-69(63)96-70-43-66(85)58-19-13-14-20-59(58)74(70)73/h10-43H,8-9,44-46H2,1-7H3,(H5-,81,82,85,86,87,88,89,90,91,92,93,94,95)/p+1. The molecule has 8 aromatic carbocycles. The van der Waals surface area contributed by atoms with Crippen LogP contribution >= 0.6 is 0 Å². The van der Waals surface area contributed by atoms with Crippen LogP contribution in [0.2, 0.25) is 0 Å². The van der Waals surface area contributed by atoms with Crippen LogP contribution in [0, 0.1) is 5.41 Å². The molecule has 17 nitrogen and oxygen atoms in total. The molecule has 98 heavy (non-hydrogen) atoms. The molecule has 0 aromatic heterocycles. The van der Waals surface area contributed by atoms with Crippen molar-refractivity contribution in [2.75, 3.05) is 18.0 Å². The molecule has 0 saturated heterocycles. The Kier molecular flexibility index (Phi) is 18.1. The number of anilines is 1. The second kappa shape index (κ2) is 26.6.